The number of aromatic nitrogens is 1. The molecule has 0 saturated carbocycles. The summed E-state index contributed by atoms with van der Waals surface area (Å²) in [5.41, 5.74) is 13.5. The molecule has 0 fully saturated rings. The highest BCUT2D eigenvalue weighted by atomic mass is 15.0. The number of hydrogen-bond donors (Lipinski definition) is 2. The molecule has 52 heavy (non-hydrogen) atoms. The van der Waals surface area contributed by atoms with Gasteiger partial charge in [-0.1, -0.05) is 124 Å². The first kappa shape index (κ1) is 34.0. The maximum absolute atomic E-state index is 5.06. The average molecular weight is 682 g/mol. The Balaban J connectivity index is 1.24. The Labute approximate surface area is 310 Å². The summed E-state index contributed by atoms with van der Waals surface area (Å²) in [5.74, 6) is 2.05. The van der Waals surface area contributed by atoms with Gasteiger partial charge in [0.25, 0.3) is 0 Å². The molecule has 3 nitrogen and oxygen atoms in total. The van der Waals surface area contributed by atoms with E-state index in [0.29, 0.717) is 17.8 Å². The first-order valence-electron chi connectivity index (χ1n) is 19.3. The zero-order valence-electron chi connectivity index (χ0n) is 31.0. The Morgan fingerprint density at radius 2 is 1.52 bits per heavy atom. The molecule has 3 aromatic rings. The van der Waals surface area contributed by atoms with Crippen molar-refractivity contribution in [3.8, 4) is 0 Å². The highest BCUT2D eigenvalue weighted by molar-refractivity contribution is 5.78. The number of rotatable bonds is 7. The molecule has 3 aliphatic carbocycles. The van der Waals surface area contributed by atoms with Gasteiger partial charge in [-0.15, -0.1) is 0 Å². The Morgan fingerprint density at radius 3 is 2.29 bits per heavy atom. The second-order valence-electron chi connectivity index (χ2n) is 15.8. The van der Waals surface area contributed by atoms with Gasteiger partial charge in [0.1, 0.15) is 0 Å². The van der Waals surface area contributed by atoms with Crippen LogP contribution in [0.2, 0.25) is 0 Å². The minimum Gasteiger partial charge on any atom is -0.378 e. The number of nitrogens with zero attached hydrogens (tertiary/aromatic N) is 1. The van der Waals surface area contributed by atoms with Gasteiger partial charge in [0.2, 0.25) is 0 Å². The van der Waals surface area contributed by atoms with E-state index in [1.165, 1.54) is 55.8 Å². The molecule has 2 N–H and O–H groups in total. The number of allylic oxidation sites excluding steroid dienone is 11. The molecular weight excluding hydrogens is 631 g/mol. The molecule has 6 atom stereocenters. The fraction of sp³-hybridized carbons (Fsp3) is 0.286. The van der Waals surface area contributed by atoms with E-state index in [2.05, 4.69) is 178 Å². The third kappa shape index (κ3) is 7.15. The van der Waals surface area contributed by atoms with Crippen molar-refractivity contribution in [2.24, 2.45) is 17.8 Å². The Kier molecular flexibility index (Phi) is 9.45. The SMILES string of the molecule is CC1CC=C(C2C=C(C3=CC(C4(C)C=C(c5ccccc5)C=CN4)=CC(c4cc(C5=C[C@H](C)CC=C5)ccn4)C3)C=C(c3ccccc3)N2)CC1C. The lowest BCUT2D eigenvalue weighted by molar-refractivity contribution is 0.362. The Morgan fingerprint density at radius 1 is 0.731 bits per heavy atom. The molecule has 3 heterocycles. The fourth-order valence-corrected chi connectivity index (χ4v) is 8.36. The predicted molar refractivity (Wildman–Crippen MR) is 219 cm³/mol. The Bertz CT molecular complexity index is 2100. The topological polar surface area (TPSA) is 37.0 Å². The minimum atomic E-state index is -0.401. The molecule has 8 rings (SSSR count). The van der Waals surface area contributed by atoms with Crippen LogP contribution in [0.15, 0.2) is 168 Å². The molecule has 2 aliphatic heterocycles. The summed E-state index contributed by atoms with van der Waals surface area (Å²) in [4.78, 5) is 5.06. The van der Waals surface area contributed by atoms with E-state index >= 15 is 0 Å². The van der Waals surface area contributed by atoms with Crippen molar-refractivity contribution < 1.29 is 0 Å². The summed E-state index contributed by atoms with van der Waals surface area (Å²) in [5, 5.41) is 7.73. The minimum absolute atomic E-state index is 0.122. The fourth-order valence-electron chi connectivity index (χ4n) is 8.36. The number of nitrogens with one attached hydrogen (secondary N) is 2. The van der Waals surface area contributed by atoms with Gasteiger partial charge >= 0.3 is 0 Å². The van der Waals surface area contributed by atoms with Crippen molar-refractivity contribution in [3.05, 3.63) is 191 Å². The molecule has 3 heteroatoms. The summed E-state index contributed by atoms with van der Waals surface area (Å²) < 4.78 is 0. The quantitative estimate of drug-likeness (QED) is 0.244. The standard InChI is InChI=1S/C49H51N3/c1-33-12-11-17-38(24-33)39-20-22-50-46(29-39)44-26-42(27-45(28-44)49(4)32-41(21-23-51-49)36-13-7-5-8-14-36)43-30-47(37-15-9-6-10-16-37)52-48(31-43)40-19-18-34(2)35(3)25-40/h5-11,13-17,19-24,27-35,44,48,51-52H,12,18,25-26H2,1-4H3/t33-,34?,35?,44?,48?,49?/m1/s1. The van der Waals surface area contributed by atoms with E-state index in [0.717, 1.165) is 31.4 Å². The molecular formula is C49H51N3. The first-order valence-corrected chi connectivity index (χ1v) is 19.3. The first-order chi connectivity index (χ1) is 25.3. The van der Waals surface area contributed by atoms with Crippen LogP contribution >= 0.6 is 0 Å². The van der Waals surface area contributed by atoms with Crippen molar-refractivity contribution in [1.29, 1.82) is 0 Å². The molecule has 262 valence electrons. The van der Waals surface area contributed by atoms with Gasteiger partial charge < -0.3 is 10.6 Å². The van der Waals surface area contributed by atoms with Crippen molar-refractivity contribution >= 4 is 16.8 Å². The second kappa shape index (κ2) is 14.5. The van der Waals surface area contributed by atoms with Gasteiger partial charge in [-0.05, 0) is 137 Å². The van der Waals surface area contributed by atoms with Crippen molar-refractivity contribution in [3.63, 3.8) is 0 Å². The third-order valence-corrected chi connectivity index (χ3v) is 11.8. The number of hydrogen-bond acceptors (Lipinski definition) is 3. The summed E-state index contributed by atoms with van der Waals surface area (Å²) in [6.07, 6.45) is 32.3. The smallest absolute Gasteiger partial charge is 0.0782 e. The van der Waals surface area contributed by atoms with Crippen LogP contribution in [0, 0.1) is 17.8 Å². The molecule has 1 aromatic heterocycles. The van der Waals surface area contributed by atoms with E-state index in [1.54, 1.807) is 0 Å². The zero-order chi connectivity index (χ0) is 35.7. The molecule has 0 radical (unpaired) electrons. The maximum Gasteiger partial charge on any atom is 0.0782 e. The zero-order valence-corrected chi connectivity index (χ0v) is 31.0. The lowest BCUT2D eigenvalue weighted by Crippen LogP contribution is -2.41. The van der Waals surface area contributed by atoms with Crippen LogP contribution in [0.5, 0.6) is 0 Å². The van der Waals surface area contributed by atoms with Gasteiger partial charge in [0, 0.05) is 23.5 Å². The molecule has 0 spiro atoms. The number of dihydropyridines is 2. The van der Waals surface area contributed by atoms with E-state index in [1.807, 2.05) is 6.20 Å². The molecule has 0 amide bonds. The largest absolute Gasteiger partial charge is 0.378 e. The highest BCUT2D eigenvalue weighted by Crippen LogP contribution is 2.42. The van der Waals surface area contributed by atoms with Crippen molar-refractivity contribution in [1.82, 2.24) is 15.6 Å². The summed E-state index contributed by atoms with van der Waals surface area (Å²) >= 11 is 0. The molecule has 2 aromatic carbocycles. The van der Waals surface area contributed by atoms with Gasteiger partial charge in [-0.3, -0.25) is 4.98 Å². The van der Waals surface area contributed by atoms with E-state index in [-0.39, 0.29) is 12.0 Å². The normalized spacial score (nSPS) is 28.5. The third-order valence-electron chi connectivity index (χ3n) is 11.8. The molecule has 0 saturated heterocycles. The summed E-state index contributed by atoms with van der Waals surface area (Å²) in [6.45, 7) is 9.41. The summed E-state index contributed by atoms with van der Waals surface area (Å²) in [6, 6.07) is 26.2. The monoisotopic (exact) mass is 681 g/mol. The predicted octanol–water partition coefficient (Wildman–Crippen LogP) is 11.3. The molecule has 5 aliphatic rings. The van der Waals surface area contributed by atoms with Crippen LogP contribution in [-0.4, -0.2) is 16.6 Å². The highest BCUT2D eigenvalue weighted by Gasteiger charge is 2.33. The number of benzene rings is 2. The van der Waals surface area contributed by atoms with E-state index in [4.69, 9.17) is 4.98 Å². The van der Waals surface area contributed by atoms with Crippen LogP contribution in [0.4, 0.5) is 0 Å². The van der Waals surface area contributed by atoms with Gasteiger partial charge in [0.05, 0.1) is 11.6 Å². The van der Waals surface area contributed by atoms with Gasteiger partial charge in [-0.2, -0.15) is 0 Å². The molecule has 5 unspecified atom stereocenters. The average Bonchev–Trinajstić information content (AvgIpc) is 3.19. The lowest BCUT2D eigenvalue weighted by atomic mass is 9.75. The van der Waals surface area contributed by atoms with Gasteiger partial charge in [-0.25, -0.2) is 0 Å². The van der Waals surface area contributed by atoms with E-state index < -0.39 is 5.54 Å². The summed E-state index contributed by atoms with van der Waals surface area (Å²) in [7, 11) is 0. The lowest BCUT2D eigenvalue weighted by Gasteiger charge is -2.37. The van der Waals surface area contributed by atoms with Crippen LogP contribution in [0.1, 0.15) is 81.7 Å². The van der Waals surface area contributed by atoms with Crippen LogP contribution < -0.4 is 10.6 Å². The molecule has 0 bridgehead atoms. The van der Waals surface area contributed by atoms with Crippen LogP contribution in [0.3, 0.4) is 0 Å². The van der Waals surface area contributed by atoms with Crippen LogP contribution in [-0.2, 0) is 0 Å². The number of pyridine rings is 1. The second-order valence-corrected chi connectivity index (χ2v) is 15.8. The van der Waals surface area contributed by atoms with E-state index in [9.17, 15) is 0 Å². The van der Waals surface area contributed by atoms with Crippen molar-refractivity contribution in [2.45, 2.75) is 70.9 Å². The van der Waals surface area contributed by atoms with Gasteiger partial charge in [0.15, 0.2) is 0 Å². The van der Waals surface area contributed by atoms with Crippen molar-refractivity contribution in [2.75, 3.05) is 0 Å². The maximum atomic E-state index is 5.06. The Hall–Kier alpha value is -5.15. The van der Waals surface area contributed by atoms with Crippen LogP contribution in [0.25, 0.3) is 16.8 Å².